The predicted molar refractivity (Wildman–Crippen MR) is 126 cm³/mol. The quantitative estimate of drug-likeness (QED) is 0.491. The van der Waals surface area contributed by atoms with Crippen molar-refractivity contribution < 1.29 is 24.2 Å². The fraction of sp³-hybridized carbons (Fsp3) is 0.458. The molecule has 2 fully saturated rings. The first-order chi connectivity index (χ1) is 16.4. The summed E-state index contributed by atoms with van der Waals surface area (Å²) >= 11 is 1.41. The molecule has 2 aliphatic carbocycles. The van der Waals surface area contributed by atoms with E-state index in [1.54, 1.807) is 12.4 Å². The number of benzene rings is 1. The SMILES string of the molecule is CC(=O)O[C@H]1CCC[C@@H]1OCc1ncc(-c2ccc3nc(NC(=O)C4CC(O)C4)sc3c2)cn1. The zero-order chi connectivity index (χ0) is 23.7. The van der Waals surface area contributed by atoms with Gasteiger partial charge in [0, 0.05) is 30.8 Å². The minimum absolute atomic E-state index is 0.0902. The second kappa shape index (κ2) is 9.73. The number of thiazole rings is 1. The maximum atomic E-state index is 12.2. The van der Waals surface area contributed by atoms with Crippen molar-refractivity contribution in [2.45, 2.75) is 63.9 Å². The molecule has 0 saturated heterocycles. The first-order valence-corrected chi connectivity index (χ1v) is 12.3. The van der Waals surface area contributed by atoms with Crippen LogP contribution in [-0.4, -0.2) is 50.2 Å². The molecule has 10 heteroatoms. The highest BCUT2D eigenvalue weighted by Gasteiger charge is 2.33. The lowest BCUT2D eigenvalue weighted by molar-refractivity contribution is -0.153. The number of fused-ring (bicyclic) bond motifs is 1. The van der Waals surface area contributed by atoms with Gasteiger partial charge < -0.3 is 19.9 Å². The Bertz CT molecular complexity index is 1190. The minimum Gasteiger partial charge on any atom is -0.460 e. The number of nitrogens with zero attached hydrogens (tertiary/aromatic N) is 3. The number of aliphatic hydroxyl groups excluding tert-OH is 1. The van der Waals surface area contributed by atoms with Gasteiger partial charge in [0.05, 0.1) is 22.4 Å². The Morgan fingerprint density at radius 2 is 1.91 bits per heavy atom. The molecule has 0 radical (unpaired) electrons. The van der Waals surface area contributed by atoms with E-state index in [0.29, 0.717) is 23.8 Å². The average Bonchev–Trinajstić information content (AvgIpc) is 3.40. The zero-order valence-corrected chi connectivity index (χ0v) is 19.6. The predicted octanol–water partition coefficient (Wildman–Crippen LogP) is 3.46. The molecule has 2 N–H and O–H groups in total. The second-order valence-electron chi connectivity index (χ2n) is 8.83. The molecule has 5 rings (SSSR count). The number of aliphatic hydroxyl groups is 1. The molecule has 1 aromatic carbocycles. The van der Waals surface area contributed by atoms with E-state index in [-0.39, 0.29) is 42.7 Å². The van der Waals surface area contributed by atoms with E-state index >= 15 is 0 Å². The summed E-state index contributed by atoms with van der Waals surface area (Å²) in [7, 11) is 0. The fourth-order valence-electron chi connectivity index (χ4n) is 4.36. The van der Waals surface area contributed by atoms with E-state index in [4.69, 9.17) is 9.47 Å². The molecule has 2 heterocycles. The van der Waals surface area contributed by atoms with Crippen LogP contribution in [0.1, 0.15) is 44.9 Å². The smallest absolute Gasteiger partial charge is 0.302 e. The number of anilines is 1. The van der Waals surface area contributed by atoms with Crippen molar-refractivity contribution in [1.82, 2.24) is 15.0 Å². The van der Waals surface area contributed by atoms with Gasteiger partial charge >= 0.3 is 5.97 Å². The molecule has 2 atom stereocenters. The van der Waals surface area contributed by atoms with Crippen LogP contribution in [-0.2, 0) is 25.7 Å². The molecule has 0 aliphatic heterocycles. The van der Waals surface area contributed by atoms with E-state index < -0.39 is 0 Å². The van der Waals surface area contributed by atoms with E-state index in [1.165, 1.54) is 18.3 Å². The Kier molecular flexibility index (Phi) is 6.53. The molecule has 3 aromatic rings. The maximum absolute atomic E-state index is 12.2. The van der Waals surface area contributed by atoms with Crippen LogP contribution in [0.25, 0.3) is 21.3 Å². The van der Waals surface area contributed by atoms with Crippen molar-refractivity contribution in [1.29, 1.82) is 0 Å². The third-order valence-corrected chi connectivity index (χ3v) is 7.21. The number of esters is 1. The molecule has 0 spiro atoms. The fourth-order valence-corrected chi connectivity index (χ4v) is 5.27. The van der Waals surface area contributed by atoms with Gasteiger partial charge in [-0.25, -0.2) is 15.0 Å². The van der Waals surface area contributed by atoms with E-state index in [2.05, 4.69) is 20.3 Å². The third-order valence-electron chi connectivity index (χ3n) is 6.28. The van der Waals surface area contributed by atoms with E-state index in [1.807, 2.05) is 18.2 Å². The molecule has 9 nitrogen and oxygen atoms in total. The minimum atomic E-state index is -0.366. The summed E-state index contributed by atoms with van der Waals surface area (Å²) in [6.07, 6.45) is 6.50. The lowest BCUT2D eigenvalue weighted by Crippen LogP contribution is -2.37. The highest BCUT2D eigenvalue weighted by molar-refractivity contribution is 7.22. The molecule has 178 valence electrons. The molecule has 0 unspecified atom stereocenters. The normalized spacial score (nSPS) is 24.1. The molecule has 2 aromatic heterocycles. The van der Waals surface area contributed by atoms with Crippen LogP contribution in [0.2, 0.25) is 0 Å². The van der Waals surface area contributed by atoms with Crippen LogP contribution in [0.4, 0.5) is 5.13 Å². The van der Waals surface area contributed by atoms with Crippen LogP contribution >= 0.6 is 11.3 Å². The third kappa shape index (κ3) is 5.08. The van der Waals surface area contributed by atoms with Crippen molar-refractivity contribution in [2.75, 3.05) is 5.32 Å². The molecular formula is C24H26N4O5S. The highest BCUT2D eigenvalue weighted by atomic mass is 32.1. The number of hydrogen-bond donors (Lipinski definition) is 2. The van der Waals surface area contributed by atoms with Crippen molar-refractivity contribution in [3.8, 4) is 11.1 Å². The van der Waals surface area contributed by atoms with Crippen molar-refractivity contribution in [3.05, 3.63) is 36.4 Å². The van der Waals surface area contributed by atoms with Gasteiger partial charge in [0.15, 0.2) is 11.0 Å². The summed E-state index contributed by atoms with van der Waals surface area (Å²) in [6, 6.07) is 5.87. The first kappa shape index (κ1) is 22.8. The topological polar surface area (TPSA) is 124 Å². The summed E-state index contributed by atoms with van der Waals surface area (Å²) in [5, 5.41) is 12.8. The van der Waals surface area contributed by atoms with Gasteiger partial charge in [0.2, 0.25) is 5.91 Å². The van der Waals surface area contributed by atoms with Gasteiger partial charge in [-0.1, -0.05) is 17.4 Å². The van der Waals surface area contributed by atoms with Gasteiger partial charge in [-0.2, -0.15) is 0 Å². The van der Waals surface area contributed by atoms with Gasteiger partial charge in [0.25, 0.3) is 0 Å². The number of carbonyl (C=O) groups excluding carboxylic acids is 2. The summed E-state index contributed by atoms with van der Waals surface area (Å²) in [4.78, 5) is 36.8. The van der Waals surface area contributed by atoms with Crippen LogP contribution in [0, 0.1) is 5.92 Å². The molecular weight excluding hydrogens is 456 g/mol. The number of rotatable bonds is 7. The van der Waals surface area contributed by atoms with Gasteiger partial charge in [-0.05, 0) is 49.8 Å². The van der Waals surface area contributed by atoms with Crippen LogP contribution in [0.5, 0.6) is 0 Å². The Labute approximate surface area is 200 Å². The van der Waals surface area contributed by atoms with Crippen LogP contribution in [0.15, 0.2) is 30.6 Å². The Morgan fingerprint density at radius 1 is 1.15 bits per heavy atom. The molecule has 1 amide bonds. The highest BCUT2D eigenvalue weighted by Crippen LogP contribution is 2.33. The summed E-state index contributed by atoms with van der Waals surface area (Å²) in [5.74, 6) is 0.0555. The standard InChI is InChI=1S/C24H26N4O5S/c1-13(29)33-20-4-2-3-19(20)32-12-22-25-10-16(11-26-22)14-5-6-18-21(9-14)34-24(27-18)28-23(31)15-7-17(30)8-15/h5-6,9-11,15,17,19-20,30H,2-4,7-8,12H2,1H3,(H,27,28,31)/t15?,17?,19-,20-/m0/s1. The summed E-state index contributed by atoms with van der Waals surface area (Å²) in [5.41, 5.74) is 2.63. The second-order valence-corrected chi connectivity index (χ2v) is 9.86. The number of carbonyl (C=O) groups is 2. The van der Waals surface area contributed by atoms with Gasteiger partial charge in [0.1, 0.15) is 12.7 Å². The van der Waals surface area contributed by atoms with Crippen LogP contribution in [0.3, 0.4) is 0 Å². The lowest BCUT2D eigenvalue weighted by atomic mass is 9.82. The Hall–Kier alpha value is -2.95. The van der Waals surface area contributed by atoms with E-state index in [9.17, 15) is 14.7 Å². The monoisotopic (exact) mass is 482 g/mol. The molecule has 2 aliphatic rings. The molecule has 2 saturated carbocycles. The van der Waals surface area contributed by atoms with Crippen molar-refractivity contribution >= 4 is 38.6 Å². The number of ether oxygens (including phenoxy) is 2. The number of amides is 1. The van der Waals surface area contributed by atoms with Crippen molar-refractivity contribution in [3.63, 3.8) is 0 Å². The Morgan fingerprint density at radius 3 is 2.65 bits per heavy atom. The average molecular weight is 483 g/mol. The van der Waals surface area contributed by atoms with Crippen LogP contribution < -0.4 is 5.32 Å². The lowest BCUT2D eigenvalue weighted by Gasteiger charge is -2.29. The number of aromatic nitrogens is 3. The first-order valence-electron chi connectivity index (χ1n) is 11.4. The summed E-state index contributed by atoms with van der Waals surface area (Å²) in [6.45, 7) is 1.68. The number of hydrogen-bond acceptors (Lipinski definition) is 9. The van der Waals surface area contributed by atoms with E-state index in [0.717, 1.165) is 40.6 Å². The van der Waals surface area contributed by atoms with Gasteiger partial charge in [-0.15, -0.1) is 0 Å². The molecule has 34 heavy (non-hydrogen) atoms. The van der Waals surface area contributed by atoms with Gasteiger partial charge in [-0.3, -0.25) is 9.59 Å². The Balaban J connectivity index is 1.21. The van der Waals surface area contributed by atoms with Crippen molar-refractivity contribution in [2.24, 2.45) is 5.92 Å². The largest absolute Gasteiger partial charge is 0.460 e. The summed E-state index contributed by atoms with van der Waals surface area (Å²) < 4.78 is 12.2. The number of nitrogens with one attached hydrogen (secondary N) is 1. The zero-order valence-electron chi connectivity index (χ0n) is 18.8. The maximum Gasteiger partial charge on any atom is 0.302 e. The molecule has 0 bridgehead atoms.